The van der Waals surface area contributed by atoms with Crippen LogP contribution in [0.3, 0.4) is 0 Å². The van der Waals surface area contributed by atoms with Crippen molar-refractivity contribution in [3.8, 4) is 0 Å². The Hall–Kier alpha value is -1.81. The average Bonchev–Trinajstić information content (AvgIpc) is 2.51. The van der Waals surface area contributed by atoms with Gasteiger partial charge in [0.05, 0.1) is 0 Å². The number of benzene rings is 1. The van der Waals surface area contributed by atoms with E-state index in [1.807, 2.05) is 6.07 Å². The molecule has 4 nitrogen and oxygen atoms in total. The normalized spacial score (nSPS) is 22.2. The monoisotopic (exact) mass is 300 g/mol. The number of carbonyl (C=O) groups excluding carboxylic acids is 1. The number of carbonyl (C=O) groups is 1. The van der Waals surface area contributed by atoms with Gasteiger partial charge in [0.2, 0.25) is 0 Å². The number of likely N-dealkylation sites (tertiary alicyclic amines) is 1. The van der Waals surface area contributed by atoms with Gasteiger partial charge in [-0.25, -0.2) is 4.79 Å². The fourth-order valence-electron chi connectivity index (χ4n) is 3.38. The van der Waals surface area contributed by atoms with Crippen LogP contribution in [0, 0.1) is 0 Å². The van der Waals surface area contributed by atoms with Crippen molar-refractivity contribution in [2.24, 2.45) is 0 Å². The van der Waals surface area contributed by atoms with Crippen molar-refractivity contribution in [3.63, 3.8) is 0 Å². The van der Waals surface area contributed by atoms with E-state index in [0.717, 1.165) is 45.4 Å². The summed E-state index contributed by atoms with van der Waals surface area (Å²) in [6.07, 6.45) is 4.82. The standard InChI is InChI=1S/C18H24N2O2/c1-15(13-16-5-3-2-4-6-16)14-20-11-8-18(9-12-20)7-10-19-17(21)22-18/h2-6,13H,7-12,14H2,1H3,(H,19,21)/b15-13+. The van der Waals surface area contributed by atoms with E-state index in [4.69, 9.17) is 4.74 Å². The van der Waals surface area contributed by atoms with Crippen LogP contribution in [0.4, 0.5) is 4.79 Å². The molecule has 0 bridgehead atoms. The minimum absolute atomic E-state index is 0.212. The van der Waals surface area contributed by atoms with Crippen molar-refractivity contribution in [2.75, 3.05) is 26.2 Å². The van der Waals surface area contributed by atoms with Crippen LogP contribution < -0.4 is 5.32 Å². The Morgan fingerprint density at radius 1 is 1.27 bits per heavy atom. The molecular formula is C18H24N2O2. The Morgan fingerprint density at radius 2 is 2.00 bits per heavy atom. The fourth-order valence-corrected chi connectivity index (χ4v) is 3.38. The first-order valence-corrected chi connectivity index (χ1v) is 8.07. The number of nitrogens with zero attached hydrogens (tertiary/aromatic N) is 1. The molecule has 22 heavy (non-hydrogen) atoms. The molecule has 1 N–H and O–H groups in total. The number of amides is 1. The summed E-state index contributed by atoms with van der Waals surface area (Å²) in [5.74, 6) is 0. The highest BCUT2D eigenvalue weighted by Gasteiger charge is 2.40. The van der Waals surface area contributed by atoms with Crippen molar-refractivity contribution in [2.45, 2.75) is 31.8 Å². The predicted octanol–water partition coefficient (Wildman–Crippen LogP) is 3.05. The second-order valence-corrected chi connectivity index (χ2v) is 6.43. The van der Waals surface area contributed by atoms with Gasteiger partial charge in [0.25, 0.3) is 0 Å². The average molecular weight is 300 g/mol. The van der Waals surface area contributed by atoms with E-state index in [9.17, 15) is 4.79 Å². The van der Waals surface area contributed by atoms with E-state index in [2.05, 4.69) is 47.5 Å². The van der Waals surface area contributed by atoms with E-state index in [-0.39, 0.29) is 11.7 Å². The third kappa shape index (κ3) is 3.69. The number of hydrogen-bond acceptors (Lipinski definition) is 3. The number of hydrogen-bond donors (Lipinski definition) is 1. The van der Waals surface area contributed by atoms with E-state index >= 15 is 0 Å². The summed E-state index contributed by atoms with van der Waals surface area (Å²) in [5.41, 5.74) is 2.40. The second-order valence-electron chi connectivity index (χ2n) is 6.43. The van der Waals surface area contributed by atoms with Crippen LogP contribution in [0.15, 0.2) is 35.9 Å². The Morgan fingerprint density at radius 3 is 2.68 bits per heavy atom. The summed E-state index contributed by atoms with van der Waals surface area (Å²) >= 11 is 0. The molecule has 2 aliphatic rings. The minimum Gasteiger partial charge on any atom is -0.443 e. The lowest BCUT2D eigenvalue weighted by Crippen LogP contribution is -2.53. The summed E-state index contributed by atoms with van der Waals surface area (Å²) in [7, 11) is 0. The highest BCUT2D eigenvalue weighted by atomic mass is 16.6. The molecule has 1 aromatic carbocycles. The van der Waals surface area contributed by atoms with Crippen LogP contribution in [0.1, 0.15) is 31.7 Å². The molecule has 0 radical (unpaired) electrons. The molecule has 1 amide bonds. The van der Waals surface area contributed by atoms with Gasteiger partial charge in [-0.15, -0.1) is 0 Å². The maximum Gasteiger partial charge on any atom is 0.407 e. The first-order chi connectivity index (χ1) is 10.7. The fraction of sp³-hybridized carbons (Fsp3) is 0.500. The van der Waals surface area contributed by atoms with Gasteiger partial charge >= 0.3 is 6.09 Å². The van der Waals surface area contributed by atoms with Gasteiger partial charge < -0.3 is 10.1 Å². The molecule has 2 heterocycles. The molecule has 0 saturated carbocycles. The van der Waals surface area contributed by atoms with Crippen molar-refractivity contribution >= 4 is 12.2 Å². The largest absolute Gasteiger partial charge is 0.443 e. The molecule has 2 saturated heterocycles. The SMILES string of the molecule is C/C(=C\c1ccccc1)CN1CCC2(CCNC(=O)O2)CC1. The molecule has 2 aliphatic heterocycles. The van der Waals surface area contributed by atoms with Gasteiger partial charge in [-0.2, -0.15) is 0 Å². The second kappa shape index (κ2) is 6.53. The van der Waals surface area contributed by atoms with Crippen molar-refractivity contribution in [1.82, 2.24) is 10.2 Å². The van der Waals surface area contributed by atoms with E-state index in [0.29, 0.717) is 0 Å². The molecule has 0 unspecified atom stereocenters. The minimum atomic E-state index is -0.250. The Labute approximate surface area is 132 Å². The van der Waals surface area contributed by atoms with Crippen LogP contribution in [0.25, 0.3) is 6.08 Å². The first kappa shape index (κ1) is 15.1. The summed E-state index contributed by atoms with van der Waals surface area (Å²) in [6, 6.07) is 10.4. The van der Waals surface area contributed by atoms with Crippen molar-refractivity contribution in [1.29, 1.82) is 0 Å². The first-order valence-electron chi connectivity index (χ1n) is 8.07. The molecule has 0 atom stereocenters. The Bertz CT molecular complexity index is 545. The lowest BCUT2D eigenvalue weighted by Gasteiger charge is -2.43. The molecule has 4 heteroatoms. The maximum absolute atomic E-state index is 11.4. The van der Waals surface area contributed by atoms with Crippen LogP contribution in [-0.4, -0.2) is 42.8 Å². The van der Waals surface area contributed by atoms with E-state index < -0.39 is 0 Å². The predicted molar refractivity (Wildman–Crippen MR) is 87.6 cm³/mol. The van der Waals surface area contributed by atoms with Crippen LogP contribution in [0.5, 0.6) is 0 Å². The zero-order valence-corrected chi connectivity index (χ0v) is 13.2. The van der Waals surface area contributed by atoms with Crippen LogP contribution in [-0.2, 0) is 4.74 Å². The highest BCUT2D eigenvalue weighted by Crippen LogP contribution is 2.31. The number of nitrogens with one attached hydrogen (secondary N) is 1. The van der Waals surface area contributed by atoms with Gasteiger partial charge in [0.1, 0.15) is 5.60 Å². The highest BCUT2D eigenvalue weighted by molar-refractivity contribution is 5.68. The van der Waals surface area contributed by atoms with Crippen LogP contribution in [0.2, 0.25) is 0 Å². The molecule has 0 aromatic heterocycles. The lowest BCUT2D eigenvalue weighted by atomic mass is 9.87. The zero-order valence-electron chi connectivity index (χ0n) is 13.2. The zero-order chi connectivity index (χ0) is 15.4. The number of ether oxygens (including phenoxy) is 1. The van der Waals surface area contributed by atoms with E-state index in [1.165, 1.54) is 11.1 Å². The van der Waals surface area contributed by atoms with Gasteiger partial charge in [-0.1, -0.05) is 42.0 Å². The summed E-state index contributed by atoms with van der Waals surface area (Å²) in [5, 5.41) is 2.74. The Kier molecular flexibility index (Phi) is 4.48. The molecule has 1 aromatic rings. The molecule has 118 valence electrons. The van der Waals surface area contributed by atoms with Crippen LogP contribution >= 0.6 is 0 Å². The summed E-state index contributed by atoms with van der Waals surface area (Å²) < 4.78 is 5.57. The van der Waals surface area contributed by atoms with Crippen molar-refractivity contribution in [3.05, 3.63) is 41.5 Å². The molecule has 0 aliphatic carbocycles. The van der Waals surface area contributed by atoms with Gasteiger partial charge in [-0.3, -0.25) is 4.90 Å². The molecule has 1 spiro atoms. The maximum atomic E-state index is 11.4. The van der Waals surface area contributed by atoms with Gasteiger partial charge in [-0.05, 0) is 12.5 Å². The summed E-state index contributed by atoms with van der Waals surface area (Å²) in [4.78, 5) is 13.9. The molecule has 3 rings (SSSR count). The topological polar surface area (TPSA) is 41.6 Å². The third-order valence-corrected chi connectivity index (χ3v) is 4.61. The summed E-state index contributed by atoms with van der Waals surface area (Å²) in [6.45, 7) is 5.89. The quantitative estimate of drug-likeness (QED) is 0.933. The van der Waals surface area contributed by atoms with Crippen molar-refractivity contribution < 1.29 is 9.53 Å². The number of alkyl carbamates (subject to hydrolysis) is 1. The smallest absolute Gasteiger partial charge is 0.407 e. The number of rotatable bonds is 3. The van der Waals surface area contributed by atoms with E-state index in [1.54, 1.807) is 0 Å². The Balaban J connectivity index is 1.53. The number of piperidine rings is 1. The molecule has 2 fully saturated rings. The van der Waals surface area contributed by atoms with Gasteiger partial charge in [0.15, 0.2) is 0 Å². The third-order valence-electron chi connectivity index (χ3n) is 4.61. The van der Waals surface area contributed by atoms with Gasteiger partial charge in [0, 0.05) is 45.4 Å². The lowest BCUT2D eigenvalue weighted by molar-refractivity contribution is -0.0530. The molecular weight excluding hydrogens is 276 g/mol.